The first-order valence-corrected chi connectivity index (χ1v) is 11.3. The van der Waals surface area contributed by atoms with Crippen LogP contribution in [-0.4, -0.2) is 78.6 Å². The predicted molar refractivity (Wildman–Crippen MR) is 119 cm³/mol. The largest absolute Gasteiger partial charge is 0.507 e. The smallest absolute Gasteiger partial charge is 0.339 e. The van der Waals surface area contributed by atoms with Gasteiger partial charge in [0, 0.05) is 35.1 Å². The Labute approximate surface area is 199 Å². The van der Waals surface area contributed by atoms with Crippen LogP contribution in [0.5, 0.6) is 11.5 Å². The van der Waals surface area contributed by atoms with E-state index in [4.69, 9.17) is 19.3 Å². The second-order valence-corrected chi connectivity index (χ2v) is 8.32. The molecule has 0 bridgehead atoms. The van der Waals surface area contributed by atoms with E-state index >= 15 is 0 Å². The van der Waals surface area contributed by atoms with E-state index in [0.717, 1.165) is 18.9 Å². The third-order valence-electron chi connectivity index (χ3n) is 4.98. The van der Waals surface area contributed by atoms with Crippen molar-refractivity contribution in [2.45, 2.75) is 37.6 Å². The Bertz CT molecular complexity index is 981. The van der Waals surface area contributed by atoms with Gasteiger partial charge in [-0.1, -0.05) is 0 Å². The summed E-state index contributed by atoms with van der Waals surface area (Å²) in [6, 6.07) is -1.15. The van der Waals surface area contributed by atoms with E-state index in [2.05, 4.69) is 10.6 Å². The molecule has 2 amide bonds. The van der Waals surface area contributed by atoms with E-state index in [9.17, 15) is 29.1 Å². The number of rotatable bonds is 6. The van der Waals surface area contributed by atoms with Gasteiger partial charge in [-0.2, -0.15) is 11.8 Å². The van der Waals surface area contributed by atoms with Crippen LogP contribution >= 0.6 is 11.8 Å². The van der Waals surface area contributed by atoms with E-state index < -0.39 is 61.3 Å². The minimum absolute atomic E-state index is 0.0379. The number of methoxy groups -OCH3 is 2. The second kappa shape index (κ2) is 12.1. The molecule has 1 heterocycles. The zero-order valence-electron chi connectivity index (χ0n) is 18.8. The highest BCUT2D eigenvalue weighted by Gasteiger charge is 2.31. The molecule has 1 aromatic rings. The maximum absolute atomic E-state index is 12.9. The van der Waals surface area contributed by atoms with Gasteiger partial charge < -0.3 is 35.1 Å². The number of aromatic hydroxyl groups is 1. The molecule has 0 fully saturated rings. The summed E-state index contributed by atoms with van der Waals surface area (Å²) in [5, 5.41) is 24.0. The molecule has 0 saturated heterocycles. The summed E-state index contributed by atoms with van der Waals surface area (Å²) in [7, 11) is 2.52. The van der Waals surface area contributed by atoms with Crippen molar-refractivity contribution >= 4 is 41.5 Å². The zero-order chi connectivity index (χ0) is 25.4. The molecule has 4 N–H and O–H groups in total. The number of phenols is 1. The van der Waals surface area contributed by atoms with E-state index in [0.29, 0.717) is 5.56 Å². The molecule has 0 radical (unpaired) electrons. The van der Waals surface area contributed by atoms with Gasteiger partial charge in [0.15, 0.2) is 0 Å². The molecule has 186 valence electrons. The highest BCUT2D eigenvalue weighted by Crippen LogP contribution is 2.35. The van der Waals surface area contributed by atoms with Crippen LogP contribution in [-0.2, 0) is 34.4 Å². The van der Waals surface area contributed by atoms with Gasteiger partial charge in [-0.25, -0.2) is 9.59 Å². The van der Waals surface area contributed by atoms with Crippen molar-refractivity contribution < 1.29 is 48.4 Å². The van der Waals surface area contributed by atoms with Crippen molar-refractivity contribution in [1.82, 2.24) is 10.6 Å². The van der Waals surface area contributed by atoms with Crippen molar-refractivity contribution in [1.29, 1.82) is 0 Å². The Kier molecular flexibility index (Phi) is 9.54. The molecule has 0 aromatic heterocycles. The molecule has 2 rings (SSSR count). The number of ether oxygens (including phenoxy) is 3. The molecule has 0 unspecified atom stereocenters. The SMILES string of the molecule is COC(=O)[C@@H]1CSCc2c(O)cc(OC)c(C)c2C(=O)OC[C@H](NC(=O)CCC(=O)O)C(=O)N1. The van der Waals surface area contributed by atoms with Crippen LogP contribution < -0.4 is 15.4 Å². The molecule has 0 spiro atoms. The lowest BCUT2D eigenvalue weighted by molar-refractivity contribution is -0.145. The monoisotopic (exact) mass is 498 g/mol. The Hall–Kier alpha value is -3.48. The van der Waals surface area contributed by atoms with Crippen molar-refractivity contribution in [2.75, 3.05) is 26.6 Å². The fraction of sp³-hybridized carbons (Fsp3) is 0.476. The van der Waals surface area contributed by atoms with Gasteiger partial charge in [0.1, 0.15) is 30.2 Å². The quantitative estimate of drug-likeness (QED) is 0.392. The first kappa shape index (κ1) is 26.8. The summed E-state index contributed by atoms with van der Waals surface area (Å²) >= 11 is 1.15. The molecule has 1 aromatic carbocycles. The normalized spacial score (nSPS) is 18.8. The molecule has 12 nitrogen and oxygen atoms in total. The summed E-state index contributed by atoms with van der Waals surface area (Å²) in [5.41, 5.74) is 0.690. The van der Waals surface area contributed by atoms with E-state index in [1.54, 1.807) is 6.92 Å². The van der Waals surface area contributed by atoms with Crippen molar-refractivity contribution in [3.63, 3.8) is 0 Å². The standard InChI is InChI=1S/C21H26N2O10S/c1-10-15(31-2)6-14(24)11-8-34-9-13(20(29)32-3)23-19(28)12(7-33-21(30)18(10)11)22-16(25)4-5-17(26)27/h6,12-13,24H,4-5,7-9H2,1-3H3,(H,22,25)(H,23,28)(H,26,27)/t12-,13-/m0/s1. The first-order chi connectivity index (χ1) is 16.1. The van der Waals surface area contributed by atoms with Crippen molar-refractivity contribution in [3.8, 4) is 11.5 Å². The summed E-state index contributed by atoms with van der Waals surface area (Å²) in [5.74, 6) is -4.19. The lowest BCUT2D eigenvalue weighted by Gasteiger charge is -2.24. The van der Waals surface area contributed by atoms with Crippen LogP contribution in [0, 0.1) is 6.92 Å². The van der Waals surface area contributed by atoms with Crippen LogP contribution in [0.2, 0.25) is 0 Å². The molecule has 2 atom stereocenters. The van der Waals surface area contributed by atoms with Crippen LogP contribution in [0.15, 0.2) is 6.07 Å². The maximum atomic E-state index is 12.9. The number of benzene rings is 1. The van der Waals surface area contributed by atoms with E-state index in [-0.39, 0.29) is 34.1 Å². The molecule has 0 saturated carbocycles. The number of fused-ring (bicyclic) bond motifs is 1. The number of amides is 2. The fourth-order valence-corrected chi connectivity index (χ4v) is 4.26. The van der Waals surface area contributed by atoms with Crippen molar-refractivity contribution in [2.24, 2.45) is 0 Å². The lowest BCUT2D eigenvalue weighted by Crippen LogP contribution is -2.54. The number of carboxylic acid groups (broad SMARTS) is 1. The van der Waals surface area contributed by atoms with Crippen LogP contribution in [0.25, 0.3) is 0 Å². The Morgan fingerprint density at radius 2 is 1.97 bits per heavy atom. The average Bonchev–Trinajstić information content (AvgIpc) is 2.79. The van der Waals surface area contributed by atoms with Gasteiger partial charge in [0.25, 0.3) is 0 Å². The van der Waals surface area contributed by atoms with E-state index in [1.807, 2.05) is 0 Å². The highest BCUT2D eigenvalue weighted by atomic mass is 32.2. The molecule has 0 aliphatic carbocycles. The number of phenolic OH excluding ortho intramolecular Hbond substituents is 1. The Morgan fingerprint density at radius 3 is 2.59 bits per heavy atom. The van der Waals surface area contributed by atoms with Gasteiger partial charge in [0.05, 0.1) is 26.2 Å². The van der Waals surface area contributed by atoms with Gasteiger partial charge in [-0.05, 0) is 6.92 Å². The highest BCUT2D eigenvalue weighted by molar-refractivity contribution is 7.98. The van der Waals surface area contributed by atoms with Gasteiger partial charge in [-0.3, -0.25) is 14.4 Å². The molecule has 13 heteroatoms. The topological polar surface area (TPSA) is 178 Å². The molecular weight excluding hydrogens is 472 g/mol. The molecule has 1 aliphatic heterocycles. The fourth-order valence-electron chi connectivity index (χ4n) is 3.19. The number of thioether (sulfide) groups is 1. The van der Waals surface area contributed by atoms with Crippen molar-refractivity contribution in [3.05, 3.63) is 22.8 Å². The first-order valence-electron chi connectivity index (χ1n) is 10.1. The number of esters is 2. The van der Waals surface area contributed by atoms with Crippen LogP contribution in [0.1, 0.15) is 34.3 Å². The molecule has 34 heavy (non-hydrogen) atoms. The second-order valence-electron chi connectivity index (χ2n) is 7.29. The Balaban J connectivity index is 2.42. The van der Waals surface area contributed by atoms with Crippen LogP contribution in [0.4, 0.5) is 0 Å². The predicted octanol–water partition coefficient (Wildman–Crippen LogP) is 0.120. The van der Waals surface area contributed by atoms with Gasteiger partial charge >= 0.3 is 17.9 Å². The summed E-state index contributed by atoms with van der Waals surface area (Å²) in [4.78, 5) is 60.8. The minimum atomic E-state index is -1.41. The van der Waals surface area contributed by atoms with Gasteiger partial charge in [0.2, 0.25) is 11.8 Å². The van der Waals surface area contributed by atoms with E-state index in [1.165, 1.54) is 13.2 Å². The summed E-state index contributed by atoms with van der Waals surface area (Å²) in [6.07, 6.45) is -0.872. The number of hydrogen-bond acceptors (Lipinski definition) is 10. The Morgan fingerprint density at radius 1 is 1.26 bits per heavy atom. The summed E-state index contributed by atoms with van der Waals surface area (Å²) < 4.78 is 15.2. The third kappa shape index (κ3) is 6.76. The number of aliphatic carboxylic acids is 1. The number of carbonyl (C=O) groups is 5. The minimum Gasteiger partial charge on any atom is -0.507 e. The lowest BCUT2D eigenvalue weighted by atomic mass is 10.0. The maximum Gasteiger partial charge on any atom is 0.339 e. The number of carboxylic acids is 1. The number of cyclic esters (lactones) is 1. The number of hydrogen-bond donors (Lipinski definition) is 4. The van der Waals surface area contributed by atoms with Gasteiger partial charge in [-0.15, -0.1) is 0 Å². The zero-order valence-corrected chi connectivity index (χ0v) is 19.7. The summed E-state index contributed by atoms with van der Waals surface area (Å²) in [6.45, 7) is 0.991. The molecule has 1 aliphatic rings. The number of carbonyl (C=O) groups excluding carboxylic acids is 4. The van der Waals surface area contributed by atoms with Crippen LogP contribution in [0.3, 0.4) is 0 Å². The average molecular weight is 499 g/mol. The molecular formula is C21H26N2O10S. The third-order valence-corrected chi connectivity index (χ3v) is 6.04. The number of nitrogens with one attached hydrogen (secondary N) is 2.